The Bertz CT molecular complexity index is 698. The van der Waals surface area contributed by atoms with Crippen LogP contribution >= 0.6 is 15.9 Å². The lowest BCUT2D eigenvalue weighted by Crippen LogP contribution is -2.27. The first kappa shape index (κ1) is 14.4. The third-order valence-electron chi connectivity index (χ3n) is 2.43. The summed E-state index contributed by atoms with van der Waals surface area (Å²) in [5.74, 6) is 0. The Morgan fingerprint density at radius 2 is 2.26 bits per heavy atom. The van der Waals surface area contributed by atoms with E-state index in [2.05, 4.69) is 30.7 Å². The van der Waals surface area contributed by atoms with Gasteiger partial charge in [-0.25, -0.2) is 22.6 Å². The van der Waals surface area contributed by atoms with E-state index in [1.807, 2.05) is 0 Å². The molecule has 0 bridgehead atoms. The molecule has 2 rings (SSSR count). The number of aromatic nitrogens is 3. The van der Waals surface area contributed by atoms with Gasteiger partial charge in [-0.2, -0.15) is 5.10 Å². The van der Waals surface area contributed by atoms with Crippen LogP contribution < -0.4 is 4.72 Å². The molecule has 0 aliphatic rings. The SMILES string of the molecule is COCCNS(=O)(=O)c1c(C)nn2cc(Br)cnc12. The summed E-state index contributed by atoms with van der Waals surface area (Å²) in [4.78, 5) is 4.19. The molecule has 0 aliphatic carbocycles. The van der Waals surface area contributed by atoms with Crippen LogP contribution in [0.2, 0.25) is 0 Å². The highest BCUT2D eigenvalue weighted by Crippen LogP contribution is 2.20. The first-order valence-corrected chi connectivity index (χ1v) is 7.72. The molecule has 0 aliphatic heterocycles. The van der Waals surface area contributed by atoms with Crippen molar-refractivity contribution in [2.45, 2.75) is 11.8 Å². The normalized spacial score (nSPS) is 12.2. The molecule has 2 aromatic heterocycles. The van der Waals surface area contributed by atoms with Crippen LogP contribution in [-0.2, 0) is 14.8 Å². The Morgan fingerprint density at radius 1 is 1.53 bits per heavy atom. The van der Waals surface area contributed by atoms with Crippen LogP contribution in [0.25, 0.3) is 5.65 Å². The molecule has 1 N–H and O–H groups in total. The zero-order valence-electron chi connectivity index (χ0n) is 10.4. The molecule has 0 saturated heterocycles. The van der Waals surface area contributed by atoms with Crippen molar-refractivity contribution in [2.24, 2.45) is 0 Å². The standard InChI is InChI=1S/C10H13BrN4O3S/c1-7-9(19(16,17)13-3-4-18-2)10-12-5-8(11)6-15(10)14-7/h5-6,13H,3-4H2,1-2H3. The van der Waals surface area contributed by atoms with Crippen LogP contribution in [-0.4, -0.2) is 43.3 Å². The minimum atomic E-state index is -3.65. The zero-order valence-corrected chi connectivity index (χ0v) is 12.8. The van der Waals surface area contributed by atoms with Gasteiger partial charge in [0.2, 0.25) is 10.0 Å². The van der Waals surface area contributed by atoms with Crippen LogP contribution in [0, 0.1) is 6.92 Å². The maximum atomic E-state index is 12.2. The lowest BCUT2D eigenvalue weighted by atomic mass is 10.5. The quantitative estimate of drug-likeness (QED) is 0.805. The predicted molar refractivity (Wildman–Crippen MR) is 72.5 cm³/mol. The molecule has 0 spiro atoms. The summed E-state index contributed by atoms with van der Waals surface area (Å²) in [6.45, 7) is 2.13. The molecule has 19 heavy (non-hydrogen) atoms. The van der Waals surface area contributed by atoms with E-state index >= 15 is 0 Å². The van der Waals surface area contributed by atoms with E-state index in [-0.39, 0.29) is 11.4 Å². The molecule has 7 nitrogen and oxygen atoms in total. The topological polar surface area (TPSA) is 85.6 Å². The summed E-state index contributed by atoms with van der Waals surface area (Å²) in [5.41, 5.74) is 0.695. The van der Waals surface area contributed by atoms with Crippen molar-refractivity contribution < 1.29 is 13.2 Å². The lowest BCUT2D eigenvalue weighted by Gasteiger charge is -2.05. The molecule has 2 heterocycles. The van der Waals surface area contributed by atoms with Gasteiger partial charge in [-0.1, -0.05) is 0 Å². The molecule has 2 aromatic rings. The summed E-state index contributed by atoms with van der Waals surface area (Å²) in [5, 5.41) is 4.14. The zero-order chi connectivity index (χ0) is 14.0. The summed E-state index contributed by atoms with van der Waals surface area (Å²) in [6, 6.07) is 0. The Balaban J connectivity index is 2.47. The summed E-state index contributed by atoms with van der Waals surface area (Å²) < 4.78 is 33.9. The lowest BCUT2D eigenvalue weighted by molar-refractivity contribution is 0.204. The van der Waals surface area contributed by atoms with Gasteiger partial charge in [0.25, 0.3) is 0 Å². The van der Waals surface area contributed by atoms with Gasteiger partial charge in [-0.15, -0.1) is 0 Å². The number of rotatable bonds is 5. The van der Waals surface area contributed by atoms with Crippen molar-refractivity contribution in [2.75, 3.05) is 20.3 Å². The van der Waals surface area contributed by atoms with Crippen LogP contribution in [0.3, 0.4) is 0 Å². The number of nitrogens with zero attached hydrogens (tertiary/aromatic N) is 3. The number of halogens is 1. The van der Waals surface area contributed by atoms with E-state index < -0.39 is 10.0 Å². The van der Waals surface area contributed by atoms with Crippen molar-refractivity contribution >= 4 is 31.6 Å². The highest BCUT2D eigenvalue weighted by atomic mass is 79.9. The second-order valence-electron chi connectivity index (χ2n) is 3.85. The molecule has 0 amide bonds. The molecule has 9 heteroatoms. The Kier molecular flexibility index (Phi) is 4.19. The fourth-order valence-corrected chi connectivity index (χ4v) is 3.27. The molecule has 0 aromatic carbocycles. The number of nitrogens with one attached hydrogen (secondary N) is 1. The highest BCUT2D eigenvalue weighted by Gasteiger charge is 2.24. The van der Waals surface area contributed by atoms with Gasteiger partial charge in [-0.3, -0.25) is 0 Å². The number of aryl methyl sites for hydroxylation is 1. The largest absolute Gasteiger partial charge is 0.383 e. The Morgan fingerprint density at radius 3 is 2.95 bits per heavy atom. The van der Waals surface area contributed by atoms with Gasteiger partial charge in [0, 0.05) is 26.0 Å². The van der Waals surface area contributed by atoms with E-state index in [9.17, 15) is 8.42 Å². The minimum Gasteiger partial charge on any atom is -0.383 e. The van der Waals surface area contributed by atoms with Crippen molar-refractivity contribution in [3.63, 3.8) is 0 Å². The average Bonchev–Trinajstić information content (AvgIpc) is 2.64. The molecular weight excluding hydrogens is 336 g/mol. The van der Waals surface area contributed by atoms with E-state index in [1.54, 1.807) is 13.1 Å². The minimum absolute atomic E-state index is 0.0936. The summed E-state index contributed by atoms with van der Waals surface area (Å²) in [6.07, 6.45) is 3.19. The maximum absolute atomic E-state index is 12.2. The molecule has 0 unspecified atom stereocenters. The molecular formula is C10H13BrN4O3S. The molecule has 0 saturated carbocycles. The van der Waals surface area contributed by atoms with E-state index in [1.165, 1.54) is 17.8 Å². The number of methoxy groups -OCH3 is 1. The number of ether oxygens (including phenoxy) is 1. The van der Waals surface area contributed by atoms with Crippen molar-refractivity contribution in [3.05, 3.63) is 22.6 Å². The van der Waals surface area contributed by atoms with Gasteiger partial charge in [0.1, 0.15) is 4.90 Å². The van der Waals surface area contributed by atoms with Gasteiger partial charge < -0.3 is 4.74 Å². The first-order valence-electron chi connectivity index (χ1n) is 5.45. The third-order valence-corrected chi connectivity index (χ3v) is 4.44. The highest BCUT2D eigenvalue weighted by molar-refractivity contribution is 9.10. The van der Waals surface area contributed by atoms with E-state index in [4.69, 9.17) is 4.74 Å². The summed E-state index contributed by atoms with van der Waals surface area (Å²) in [7, 11) is -2.14. The van der Waals surface area contributed by atoms with Crippen LogP contribution in [0.4, 0.5) is 0 Å². The monoisotopic (exact) mass is 348 g/mol. The number of hydrogen-bond donors (Lipinski definition) is 1. The fourth-order valence-electron chi connectivity index (χ4n) is 1.67. The average molecular weight is 349 g/mol. The summed E-state index contributed by atoms with van der Waals surface area (Å²) >= 11 is 3.26. The molecule has 104 valence electrons. The third kappa shape index (κ3) is 2.94. The molecule has 0 atom stereocenters. The van der Waals surface area contributed by atoms with Gasteiger partial charge >= 0.3 is 0 Å². The van der Waals surface area contributed by atoms with Crippen LogP contribution in [0.15, 0.2) is 21.8 Å². The Labute approximate surface area is 119 Å². The number of sulfonamides is 1. The van der Waals surface area contributed by atoms with Crippen molar-refractivity contribution in [1.82, 2.24) is 19.3 Å². The van der Waals surface area contributed by atoms with Crippen LogP contribution in [0.5, 0.6) is 0 Å². The number of hydrogen-bond acceptors (Lipinski definition) is 5. The number of fused-ring (bicyclic) bond motifs is 1. The maximum Gasteiger partial charge on any atom is 0.246 e. The van der Waals surface area contributed by atoms with E-state index in [0.717, 1.165) is 4.47 Å². The van der Waals surface area contributed by atoms with E-state index in [0.29, 0.717) is 17.9 Å². The van der Waals surface area contributed by atoms with Gasteiger partial charge in [0.05, 0.1) is 16.8 Å². The molecule has 0 radical (unpaired) electrons. The van der Waals surface area contributed by atoms with Gasteiger partial charge in [-0.05, 0) is 22.9 Å². The van der Waals surface area contributed by atoms with Crippen molar-refractivity contribution in [1.29, 1.82) is 0 Å². The molecule has 0 fully saturated rings. The van der Waals surface area contributed by atoms with Crippen LogP contribution in [0.1, 0.15) is 5.69 Å². The Hall–Kier alpha value is -1.03. The smallest absolute Gasteiger partial charge is 0.246 e. The van der Waals surface area contributed by atoms with Crippen molar-refractivity contribution in [3.8, 4) is 0 Å². The first-order chi connectivity index (χ1) is 8.95. The fraction of sp³-hybridized carbons (Fsp3) is 0.400. The second-order valence-corrected chi connectivity index (χ2v) is 6.46. The van der Waals surface area contributed by atoms with Gasteiger partial charge in [0.15, 0.2) is 5.65 Å². The predicted octanol–water partition coefficient (Wildman–Crippen LogP) is 0.725. The second kappa shape index (κ2) is 5.53.